The minimum atomic E-state index is 0.222. The van der Waals surface area contributed by atoms with Gasteiger partial charge in [-0.15, -0.1) is 0 Å². The number of hydrogen-bond acceptors (Lipinski definition) is 6. The maximum atomic E-state index is 5.87. The molecule has 2 N–H and O–H groups in total. The van der Waals surface area contributed by atoms with E-state index in [1.54, 1.807) is 30.5 Å². The minimum Gasteiger partial charge on any atom is -0.452 e. The van der Waals surface area contributed by atoms with Gasteiger partial charge in [0.2, 0.25) is 5.95 Å². The van der Waals surface area contributed by atoms with Crippen LogP contribution in [0.2, 0.25) is 5.02 Å². The normalized spacial score (nSPS) is 15.0. The lowest BCUT2D eigenvalue weighted by Gasteiger charge is -2.28. The highest BCUT2D eigenvalue weighted by molar-refractivity contribution is 6.30. The highest BCUT2D eigenvalue weighted by Gasteiger charge is 2.18. The summed E-state index contributed by atoms with van der Waals surface area (Å²) in [6.07, 6.45) is 1.59. The Hall–Kier alpha value is -2.05. The van der Waals surface area contributed by atoms with Gasteiger partial charge in [-0.25, -0.2) is 4.98 Å². The van der Waals surface area contributed by atoms with Crippen molar-refractivity contribution in [3.05, 3.63) is 35.5 Å². The first-order valence-corrected chi connectivity index (χ1v) is 6.99. The van der Waals surface area contributed by atoms with E-state index >= 15 is 0 Å². The van der Waals surface area contributed by atoms with Crippen LogP contribution < -0.4 is 15.4 Å². The molecule has 2 heterocycles. The van der Waals surface area contributed by atoms with Crippen molar-refractivity contribution in [1.82, 2.24) is 9.97 Å². The van der Waals surface area contributed by atoms with Crippen LogP contribution in [0.15, 0.2) is 30.5 Å². The van der Waals surface area contributed by atoms with E-state index in [0.717, 1.165) is 13.1 Å². The average Bonchev–Trinajstić information content (AvgIpc) is 2.52. The van der Waals surface area contributed by atoms with Crippen LogP contribution in [-0.2, 0) is 4.74 Å². The Labute approximate surface area is 127 Å². The summed E-state index contributed by atoms with van der Waals surface area (Å²) in [7, 11) is 0. The van der Waals surface area contributed by atoms with Crippen LogP contribution in [0.25, 0.3) is 0 Å². The fourth-order valence-electron chi connectivity index (χ4n) is 2.08. The molecule has 21 heavy (non-hydrogen) atoms. The summed E-state index contributed by atoms with van der Waals surface area (Å²) in [5.74, 6) is 2.14. The second-order valence-corrected chi connectivity index (χ2v) is 5.01. The summed E-state index contributed by atoms with van der Waals surface area (Å²) in [6, 6.07) is 7.12. The van der Waals surface area contributed by atoms with E-state index in [4.69, 9.17) is 26.8 Å². The van der Waals surface area contributed by atoms with Crippen molar-refractivity contribution in [3.63, 3.8) is 0 Å². The summed E-state index contributed by atoms with van der Waals surface area (Å²) < 4.78 is 11.2. The number of aromatic nitrogens is 2. The van der Waals surface area contributed by atoms with Crippen molar-refractivity contribution in [2.24, 2.45) is 0 Å². The molecule has 1 aromatic heterocycles. The molecule has 1 saturated heterocycles. The van der Waals surface area contributed by atoms with Gasteiger partial charge in [0.05, 0.1) is 19.4 Å². The van der Waals surface area contributed by atoms with Crippen LogP contribution >= 0.6 is 11.6 Å². The molecule has 0 spiro atoms. The molecule has 0 unspecified atom stereocenters. The van der Waals surface area contributed by atoms with Gasteiger partial charge in [-0.05, 0) is 24.3 Å². The first-order chi connectivity index (χ1) is 10.2. The Balaban J connectivity index is 1.88. The number of nitrogens with zero attached hydrogens (tertiary/aromatic N) is 3. The summed E-state index contributed by atoms with van der Waals surface area (Å²) in [4.78, 5) is 10.4. The first-order valence-electron chi connectivity index (χ1n) is 6.61. The van der Waals surface area contributed by atoms with Gasteiger partial charge in [-0.1, -0.05) is 11.6 Å². The van der Waals surface area contributed by atoms with Crippen molar-refractivity contribution in [2.75, 3.05) is 36.9 Å². The van der Waals surface area contributed by atoms with Crippen LogP contribution in [0, 0.1) is 0 Å². The zero-order chi connectivity index (χ0) is 14.7. The number of halogens is 1. The topological polar surface area (TPSA) is 73.5 Å². The SMILES string of the molecule is Nc1ncc(Oc2ccc(Cl)cc2)c(N2CCOCC2)n1. The van der Waals surface area contributed by atoms with E-state index in [2.05, 4.69) is 14.9 Å². The highest BCUT2D eigenvalue weighted by Crippen LogP contribution is 2.31. The van der Waals surface area contributed by atoms with Gasteiger partial charge in [0.1, 0.15) is 5.75 Å². The predicted molar refractivity (Wildman–Crippen MR) is 81.0 cm³/mol. The van der Waals surface area contributed by atoms with Crippen molar-refractivity contribution in [1.29, 1.82) is 0 Å². The van der Waals surface area contributed by atoms with E-state index in [-0.39, 0.29) is 5.95 Å². The molecule has 110 valence electrons. The number of hydrogen-bond donors (Lipinski definition) is 1. The third-order valence-electron chi connectivity index (χ3n) is 3.11. The second-order valence-electron chi connectivity index (χ2n) is 4.57. The summed E-state index contributed by atoms with van der Waals surface area (Å²) in [5.41, 5.74) is 5.69. The van der Waals surface area contributed by atoms with Gasteiger partial charge in [-0.2, -0.15) is 4.98 Å². The number of nitrogens with two attached hydrogens (primary N) is 1. The monoisotopic (exact) mass is 306 g/mol. The van der Waals surface area contributed by atoms with Crippen molar-refractivity contribution in [2.45, 2.75) is 0 Å². The lowest BCUT2D eigenvalue weighted by atomic mass is 10.3. The van der Waals surface area contributed by atoms with E-state index < -0.39 is 0 Å². The third-order valence-corrected chi connectivity index (χ3v) is 3.36. The van der Waals surface area contributed by atoms with Crippen molar-refractivity contribution < 1.29 is 9.47 Å². The third kappa shape index (κ3) is 3.34. The van der Waals surface area contributed by atoms with Crippen LogP contribution in [0.4, 0.5) is 11.8 Å². The molecule has 7 heteroatoms. The molecule has 1 aromatic carbocycles. The number of anilines is 2. The lowest BCUT2D eigenvalue weighted by molar-refractivity contribution is 0.122. The Morgan fingerprint density at radius 1 is 1.19 bits per heavy atom. The summed E-state index contributed by atoms with van der Waals surface area (Å²) >= 11 is 5.87. The van der Waals surface area contributed by atoms with Gasteiger partial charge in [-0.3, -0.25) is 0 Å². The Kier molecular flexibility index (Phi) is 4.08. The maximum Gasteiger partial charge on any atom is 0.222 e. The smallest absolute Gasteiger partial charge is 0.222 e. The second kappa shape index (κ2) is 6.15. The minimum absolute atomic E-state index is 0.222. The molecule has 1 aliphatic heterocycles. The molecule has 0 aliphatic carbocycles. The van der Waals surface area contributed by atoms with Gasteiger partial charge >= 0.3 is 0 Å². The van der Waals surface area contributed by atoms with Crippen LogP contribution in [0.3, 0.4) is 0 Å². The Bertz CT molecular complexity index is 615. The summed E-state index contributed by atoms with van der Waals surface area (Å²) in [5, 5.41) is 0.657. The number of morpholine rings is 1. The van der Waals surface area contributed by atoms with Gasteiger partial charge in [0.25, 0.3) is 0 Å². The van der Waals surface area contributed by atoms with E-state index in [1.807, 2.05) is 0 Å². The number of nitrogen functional groups attached to an aromatic ring is 1. The lowest BCUT2D eigenvalue weighted by Crippen LogP contribution is -2.37. The quantitative estimate of drug-likeness (QED) is 0.938. The van der Waals surface area contributed by atoms with Crippen molar-refractivity contribution in [3.8, 4) is 11.5 Å². The molecular weight excluding hydrogens is 292 g/mol. The Morgan fingerprint density at radius 3 is 2.62 bits per heavy atom. The Morgan fingerprint density at radius 2 is 1.90 bits per heavy atom. The van der Waals surface area contributed by atoms with E-state index in [9.17, 15) is 0 Å². The van der Waals surface area contributed by atoms with Crippen LogP contribution in [-0.4, -0.2) is 36.3 Å². The van der Waals surface area contributed by atoms with Crippen LogP contribution in [0.5, 0.6) is 11.5 Å². The summed E-state index contributed by atoms with van der Waals surface area (Å²) in [6.45, 7) is 2.80. The molecule has 1 fully saturated rings. The van der Waals surface area contributed by atoms with Crippen molar-refractivity contribution >= 4 is 23.4 Å². The number of benzene rings is 1. The van der Waals surface area contributed by atoms with Gasteiger partial charge in [0, 0.05) is 18.1 Å². The standard InChI is InChI=1S/C14H15ClN4O2/c15-10-1-3-11(4-2-10)21-12-9-17-14(16)18-13(12)19-5-7-20-8-6-19/h1-4,9H,5-8H2,(H2,16,17,18). The molecule has 6 nitrogen and oxygen atoms in total. The molecule has 3 rings (SSSR count). The average molecular weight is 307 g/mol. The fraction of sp³-hybridized carbons (Fsp3) is 0.286. The number of ether oxygens (including phenoxy) is 2. The largest absolute Gasteiger partial charge is 0.452 e. The zero-order valence-electron chi connectivity index (χ0n) is 11.3. The van der Waals surface area contributed by atoms with Gasteiger partial charge < -0.3 is 20.1 Å². The maximum absolute atomic E-state index is 5.87. The number of rotatable bonds is 3. The van der Waals surface area contributed by atoms with Gasteiger partial charge in [0.15, 0.2) is 11.6 Å². The van der Waals surface area contributed by atoms with E-state index in [0.29, 0.717) is 35.6 Å². The molecule has 0 amide bonds. The zero-order valence-corrected chi connectivity index (χ0v) is 12.1. The predicted octanol–water partition coefficient (Wildman–Crippen LogP) is 2.34. The molecule has 0 radical (unpaired) electrons. The molecule has 0 atom stereocenters. The highest BCUT2D eigenvalue weighted by atomic mass is 35.5. The molecule has 1 aliphatic rings. The van der Waals surface area contributed by atoms with E-state index in [1.165, 1.54) is 0 Å². The van der Waals surface area contributed by atoms with Crippen LogP contribution in [0.1, 0.15) is 0 Å². The molecule has 0 saturated carbocycles. The molecule has 0 bridgehead atoms. The fourth-order valence-corrected chi connectivity index (χ4v) is 2.20. The first kappa shape index (κ1) is 13.9. The molecular formula is C14H15ClN4O2. The molecule has 2 aromatic rings.